The van der Waals surface area contributed by atoms with Crippen LogP contribution in [0.2, 0.25) is 0 Å². The molecule has 6 aliphatic rings. The van der Waals surface area contributed by atoms with Crippen molar-refractivity contribution in [1.29, 1.82) is 0 Å². The molecule has 1 aromatic carbocycles. The molecule has 6 fully saturated rings. The summed E-state index contributed by atoms with van der Waals surface area (Å²) in [5.74, 6) is 2.59. The number of hydrogen-bond donors (Lipinski definition) is 1. The van der Waals surface area contributed by atoms with E-state index >= 15 is 0 Å². The largest absolute Gasteiger partial charge is 0.378 e. The molecule has 3 saturated carbocycles. The van der Waals surface area contributed by atoms with Crippen LogP contribution in [-0.4, -0.2) is 42.9 Å². The van der Waals surface area contributed by atoms with E-state index in [2.05, 4.69) is 51.2 Å². The summed E-state index contributed by atoms with van der Waals surface area (Å²) in [6, 6.07) is 15.4. The van der Waals surface area contributed by atoms with E-state index < -0.39 is 0 Å². The molecule has 140 valence electrons. The second-order valence-electron chi connectivity index (χ2n) is 8.49. The molecule has 3 aliphatic carbocycles. The van der Waals surface area contributed by atoms with Crippen LogP contribution in [0.15, 0.2) is 47.3 Å². The highest BCUT2D eigenvalue weighted by Crippen LogP contribution is 2.73. The predicted molar refractivity (Wildman–Crippen MR) is 105 cm³/mol. The van der Waals surface area contributed by atoms with Crippen LogP contribution in [0.5, 0.6) is 0 Å². The molecule has 0 amide bonds. The number of nitrogens with one attached hydrogen (secondary N) is 1. The van der Waals surface area contributed by atoms with Crippen molar-refractivity contribution >= 4 is 11.5 Å². The van der Waals surface area contributed by atoms with E-state index in [1.54, 1.807) is 6.07 Å². The number of fused-ring (bicyclic) bond motifs is 1. The number of pyridine rings is 1. The third kappa shape index (κ3) is 2.06. The fraction of sp³-hybridized carbons (Fsp3) is 0.500. The second kappa shape index (κ2) is 5.61. The Kier molecular flexibility index (Phi) is 3.28. The quantitative estimate of drug-likeness (QED) is 0.906. The van der Waals surface area contributed by atoms with E-state index in [1.165, 1.54) is 18.4 Å². The SMILES string of the molecule is O=c1cc(N2CCOCC2)cc(N2C3C4CC[C@H]3[C@]42Cc2ccccc2)[nH]1. The zero-order valence-corrected chi connectivity index (χ0v) is 15.4. The number of nitrogens with zero attached hydrogens (tertiary/aromatic N) is 2. The Hall–Kier alpha value is -2.27. The normalized spacial score (nSPS) is 33.6. The molecule has 3 saturated heterocycles. The zero-order valence-electron chi connectivity index (χ0n) is 15.4. The van der Waals surface area contributed by atoms with E-state index in [0.29, 0.717) is 6.04 Å². The molecule has 5 heteroatoms. The summed E-state index contributed by atoms with van der Waals surface area (Å²) >= 11 is 0. The summed E-state index contributed by atoms with van der Waals surface area (Å²) < 4.78 is 5.47. The first-order chi connectivity index (χ1) is 13.3. The number of rotatable bonds is 4. The first-order valence-corrected chi connectivity index (χ1v) is 10.2. The Morgan fingerprint density at radius 3 is 2.56 bits per heavy atom. The van der Waals surface area contributed by atoms with E-state index in [1.807, 2.05) is 0 Å². The van der Waals surface area contributed by atoms with Crippen molar-refractivity contribution in [3.8, 4) is 0 Å². The minimum absolute atomic E-state index is 0.00231. The van der Waals surface area contributed by atoms with Crippen molar-refractivity contribution < 1.29 is 4.74 Å². The van der Waals surface area contributed by atoms with E-state index in [4.69, 9.17) is 4.74 Å². The summed E-state index contributed by atoms with van der Waals surface area (Å²) in [5, 5.41) is 0. The average Bonchev–Trinajstić information content (AvgIpc) is 3.24. The van der Waals surface area contributed by atoms with Gasteiger partial charge in [0.05, 0.1) is 18.8 Å². The van der Waals surface area contributed by atoms with Gasteiger partial charge < -0.3 is 19.5 Å². The Labute approximate surface area is 158 Å². The molecule has 2 aromatic rings. The van der Waals surface area contributed by atoms with Crippen molar-refractivity contribution in [2.24, 2.45) is 11.8 Å². The third-order valence-corrected chi connectivity index (χ3v) is 7.42. The van der Waals surface area contributed by atoms with E-state index in [-0.39, 0.29) is 11.1 Å². The van der Waals surface area contributed by atoms with Crippen LogP contribution in [0.3, 0.4) is 0 Å². The van der Waals surface area contributed by atoms with Gasteiger partial charge in [-0.25, -0.2) is 0 Å². The maximum atomic E-state index is 12.4. The Morgan fingerprint density at radius 1 is 1.07 bits per heavy atom. The first-order valence-electron chi connectivity index (χ1n) is 10.2. The lowest BCUT2D eigenvalue weighted by Crippen LogP contribution is -2.89. The predicted octanol–water partition coefficient (Wildman–Crippen LogP) is 2.42. The maximum absolute atomic E-state index is 12.4. The van der Waals surface area contributed by atoms with Crippen LogP contribution in [0, 0.1) is 11.8 Å². The van der Waals surface area contributed by atoms with Gasteiger partial charge in [0.15, 0.2) is 0 Å². The van der Waals surface area contributed by atoms with Crippen LogP contribution >= 0.6 is 0 Å². The molecular weight excluding hydrogens is 338 g/mol. The maximum Gasteiger partial charge on any atom is 0.251 e. The number of ether oxygens (including phenoxy) is 1. The number of anilines is 2. The van der Waals surface area contributed by atoms with Gasteiger partial charge in [-0.15, -0.1) is 0 Å². The number of aromatic nitrogens is 1. The molecule has 5 nitrogen and oxygen atoms in total. The smallest absolute Gasteiger partial charge is 0.251 e. The molecule has 1 aromatic heterocycles. The Bertz CT molecular complexity index is 907. The molecule has 4 heterocycles. The minimum Gasteiger partial charge on any atom is -0.378 e. The van der Waals surface area contributed by atoms with Crippen molar-refractivity contribution in [2.75, 3.05) is 36.1 Å². The highest BCUT2D eigenvalue weighted by molar-refractivity contribution is 5.65. The van der Waals surface area contributed by atoms with Crippen LogP contribution in [0.25, 0.3) is 0 Å². The Balaban J connectivity index is 1.34. The van der Waals surface area contributed by atoms with Gasteiger partial charge >= 0.3 is 0 Å². The number of hydrogen-bond acceptors (Lipinski definition) is 4. The van der Waals surface area contributed by atoms with E-state index in [9.17, 15) is 4.79 Å². The lowest BCUT2D eigenvalue weighted by Gasteiger charge is -2.78. The standard InChI is InChI=1S/C22H25N3O2/c26-20-13-16(24-8-10-27-11-9-24)12-19(23-20)25-21-17-6-7-18(21)22(17,25)14-15-4-2-1-3-5-15/h1-5,12-13,17-18,21H,6-11,14H2,(H,23,26)/t17-,18?,21?,22-/m1/s1. The topological polar surface area (TPSA) is 48.6 Å². The highest BCUT2D eigenvalue weighted by Gasteiger charge is 2.80. The van der Waals surface area contributed by atoms with Crippen molar-refractivity contribution in [3.05, 3.63) is 58.4 Å². The first kappa shape index (κ1) is 15.8. The van der Waals surface area contributed by atoms with Gasteiger partial charge in [0.2, 0.25) is 0 Å². The summed E-state index contributed by atoms with van der Waals surface area (Å²) in [4.78, 5) is 20.4. The number of H-pyrrole nitrogens is 1. The van der Waals surface area contributed by atoms with Gasteiger partial charge in [-0.2, -0.15) is 0 Å². The fourth-order valence-corrected chi connectivity index (χ4v) is 6.36. The molecule has 4 bridgehead atoms. The summed E-state index contributed by atoms with van der Waals surface area (Å²) in [6.07, 6.45) is 3.77. The molecular formula is C22H25N3O2. The van der Waals surface area contributed by atoms with Crippen LogP contribution in [-0.2, 0) is 11.2 Å². The summed E-state index contributed by atoms with van der Waals surface area (Å²) in [6.45, 7) is 3.17. The molecule has 2 unspecified atom stereocenters. The molecule has 3 aliphatic heterocycles. The van der Waals surface area contributed by atoms with Gasteiger partial charge in [0.25, 0.3) is 5.56 Å². The second-order valence-corrected chi connectivity index (χ2v) is 8.49. The summed E-state index contributed by atoms with van der Waals surface area (Å²) in [5.41, 5.74) is 2.66. The lowest BCUT2D eigenvalue weighted by molar-refractivity contribution is -0.0711. The van der Waals surface area contributed by atoms with Crippen molar-refractivity contribution in [3.63, 3.8) is 0 Å². The molecule has 1 N–H and O–H groups in total. The van der Waals surface area contributed by atoms with Crippen molar-refractivity contribution in [1.82, 2.24) is 4.98 Å². The molecule has 0 radical (unpaired) electrons. The third-order valence-electron chi connectivity index (χ3n) is 7.42. The summed E-state index contributed by atoms with van der Waals surface area (Å²) in [7, 11) is 0. The molecule has 4 atom stereocenters. The van der Waals surface area contributed by atoms with Crippen molar-refractivity contribution in [2.45, 2.75) is 30.8 Å². The number of aromatic amines is 1. The lowest BCUT2D eigenvalue weighted by atomic mass is 9.47. The number of benzene rings is 1. The van der Waals surface area contributed by atoms with Crippen LogP contribution in [0.1, 0.15) is 18.4 Å². The van der Waals surface area contributed by atoms with Gasteiger partial charge in [0.1, 0.15) is 5.82 Å². The Morgan fingerprint density at radius 2 is 1.81 bits per heavy atom. The van der Waals surface area contributed by atoms with Gasteiger partial charge in [-0.05, 0) is 24.8 Å². The van der Waals surface area contributed by atoms with Crippen LogP contribution in [0.4, 0.5) is 11.5 Å². The fourth-order valence-electron chi connectivity index (χ4n) is 6.36. The minimum atomic E-state index is 0.00231. The molecule has 8 rings (SSSR count). The van der Waals surface area contributed by atoms with E-state index in [0.717, 1.165) is 56.1 Å². The number of morpholine rings is 1. The van der Waals surface area contributed by atoms with Gasteiger partial charge in [-0.3, -0.25) is 4.79 Å². The molecule has 27 heavy (non-hydrogen) atoms. The van der Waals surface area contributed by atoms with Gasteiger partial charge in [-0.1, -0.05) is 30.3 Å². The average molecular weight is 363 g/mol. The van der Waals surface area contributed by atoms with Gasteiger partial charge in [0, 0.05) is 48.8 Å². The highest BCUT2D eigenvalue weighted by atomic mass is 16.5. The molecule has 0 spiro atoms. The monoisotopic (exact) mass is 363 g/mol. The van der Waals surface area contributed by atoms with Crippen LogP contribution < -0.4 is 15.4 Å². The zero-order chi connectivity index (χ0) is 18.0.